The number of carboxylic acids is 1. The van der Waals surface area contributed by atoms with Crippen molar-refractivity contribution in [3.8, 4) is 17.0 Å². The predicted molar refractivity (Wildman–Crippen MR) is 126 cm³/mol. The van der Waals surface area contributed by atoms with E-state index in [1.54, 1.807) is 11.3 Å². The molecular formula is C25H25N3O3S. The van der Waals surface area contributed by atoms with Crippen molar-refractivity contribution in [3.05, 3.63) is 64.0 Å². The molecule has 0 bridgehead atoms. The van der Waals surface area contributed by atoms with Crippen LogP contribution in [0.5, 0.6) is 5.75 Å². The molecule has 0 aliphatic carbocycles. The van der Waals surface area contributed by atoms with Crippen LogP contribution in [0.4, 0.5) is 5.13 Å². The molecule has 1 aromatic heterocycles. The van der Waals surface area contributed by atoms with E-state index in [0.717, 1.165) is 33.1 Å². The number of hydrogen-bond acceptors (Lipinski definition) is 6. The van der Waals surface area contributed by atoms with Gasteiger partial charge in [0.2, 0.25) is 0 Å². The van der Waals surface area contributed by atoms with Crippen LogP contribution >= 0.6 is 11.3 Å². The summed E-state index contributed by atoms with van der Waals surface area (Å²) in [6.45, 7) is 5.72. The van der Waals surface area contributed by atoms with Gasteiger partial charge in [0.05, 0.1) is 11.6 Å². The van der Waals surface area contributed by atoms with Gasteiger partial charge < -0.3 is 20.2 Å². The molecule has 1 saturated heterocycles. The number of nitrogens with zero attached hydrogens (tertiary/aromatic N) is 2. The van der Waals surface area contributed by atoms with E-state index in [1.165, 1.54) is 6.21 Å². The zero-order chi connectivity index (χ0) is 22.7. The Hall–Kier alpha value is -3.37. The SMILES string of the molecule is Cc1c#cc(COc2c(C=N)cccc2-c2csc(N3CCC(C(=O)O)CC3)n2)c(C)c1. The number of aliphatic carboxylic acids is 1. The van der Waals surface area contributed by atoms with Crippen LogP contribution in [0, 0.1) is 37.3 Å². The molecule has 1 aliphatic heterocycles. The van der Waals surface area contributed by atoms with Gasteiger partial charge in [0, 0.05) is 41.4 Å². The van der Waals surface area contributed by atoms with Crippen LogP contribution in [-0.4, -0.2) is 35.4 Å². The van der Waals surface area contributed by atoms with Crippen molar-refractivity contribution in [2.24, 2.45) is 5.92 Å². The zero-order valence-electron chi connectivity index (χ0n) is 18.1. The van der Waals surface area contributed by atoms with Crippen LogP contribution in [0.1, 0.15) is 35.1 Å². The number of aromatic nitrogens is 1. The number of carbonyl (C=O) groups is 1. The standard InChI is InChI=1S/C25H25N3O3S/c1-16-6-7-20(17(2)12-16)14-31-23-19(13-26)4-3-5-21(23)22-15-32-25(27-22)28-10-8-18(9-11-28)24(29)30/h3-5,12-13,15,18,26H,8-11,14H2,1-2H3,(H,29,30). The van der Waals surface area contributed by atoms with E-state index in [9.17, 15) is 9.90 Å². The van der Waals surface area contributed by atoms with Crippen LogP contribution in [0.3, 0.4) is 0 Å². The molecule has 0 saturated carbocycles. The van der Waals surface area contributed by atoms with Gasteiger partial charge in [-0.3, -0.25) is 4.79 Å². The summed E-state index contributed by atoms with van der Waals surface area (Å²) in [5.41, 5.74) is 5.38. The molecule has 1 aliphatic rings. The third kappa shape index (κ3) is 4.61. The van der Waals surface area contributed by atoms with Crippen LogP contribution < -0.4 is 9.64 Å². The number of benzene rings is 1. The Morgan fingerprint density at radius 1 is 1.34 bits per heavy atom. The van der Waals surface area contributed by atoms with Gasteiger partial charge in [0.15, 0.2) is 5.13 Å². The van der Waals surface area contributed by atoms with Crippen molar-refractivity contribution in [1.82, 2.24) is 4.98 Å². The summed E-state index contributed by atoms with van der Waals surface area (Å²) >= 11 is 1.54. The maximum atomic E-state index is 11.2. The number of thiazole rings is 1. The fourth-order valence-corrected chi connectivity index (χ4v) is 4.78. The predicted octanol–water partition coefficient (Wildman–Crippen LogP) is 4.90. The molecule has 164 valence electrons. The van der Waals surface area contributed by atoms with Gasteiger partial charge >= 0.3 is 5.97 Å². The highest BCUT2D eigenvalue weighted by Crippen LogP contribution is 2.36. The second-order valence-corrected chi connectivity index (χ2v) is 8.85. The van der Waals surface area contributed by atoms with E-state index < -0.39 is 5.97 Å². The molecule has 0 amide bonds. The number of nitrogens with one attached hydrogen (secondary N) is 1. The van der Waals surface area contributed by atoms with E-state index >= 15 is 0 Å². The van der Waals surface area contributed by atoms with Crippen LogP contribution in [-0.2, 0) is 11.4 Å². The molecule has 0 atom stereocenters. The molecule has 1 fully saturated rings. The minimum atomic E-state index is -0.714. The third-order valence-electron chi connectivity index (χ3n) is 5.76. The second kappa shape index (κ2) is 9.41. The Balaban J connectivity index is 1.56. The van der Waals surface area contributed by atoms with Crippen molar-refractivity contribution in [2.75, 3.05) is 18.0 Å². The number of para-hydroxylation sites is 1. The lowest BCUT2D eigenvalue weighted by Crippen LogP contribution is -2.36. The minimum Gasteiger partial charge on any atom is -0.487 e. The number of ether oxygens (including phenoxy) is 1. The van der Waals surface area contributed by atoms with Gasteiger partial charge in [-0.15, -0.1) is 11.3 Å². The first-order chi connectivity index (χ1) is 15.5. The Morgan fingerprint density at radius 2 is 2.12 bits per heavy atom. The zero-order valence-corrected chi connectivity index (χ0v) is 19.0. The maximum Gasteiger partial charge on any atom is 0.306 e. The van der Waals surface area contributed by atoms with Crippen molar-refractivity contribution in [3.63, 3.8) is 0 Å². The lowest BCUT2D eigenvalue weighted by molar-refractivity contribution is -0.142. The first-order valence-electron chi connectivity index (χ1n) is 10.6. The van der Waals surface area contributed by atoms with Gasteiger partial charge in [-0.25, -0.2) is 4.98 Å². The number of rotatable bonds is 7. The van der Waals surface area contributed by atoms with Gasteiger partial charge in [0.25, 0.3) is 0 Å². The first-order valence-corrected chi connectivity index (χ1v) is 11.4. The summed E-state index contributed by atoms with van der Waals surface area (Å²) in [6, 6.07) is 14.0. The smallest absolute Gasteiger partial charge is 0.306 e. The number of aryl methyl sites for hydroxylation is 2. The molecule has 32 heavy (non-hydrogen) atoms. The summed E-state index contributed by atoms with van der Waals surface area (Å²) in [7, 11) is 0. The molecule has 6 nitrogen and oxygen atoms in total. The summed E-state index contributed by atoms with van der Waals surface area (Å²) in [5, 5.41) is 19.9. The summed E-state index contributed by atoms with van der Waals surface area (Å²) < 4.78 is 6.20. The van der Waals surface area contributed by atoms with E-state index in [1.807, 2.05) is 37.4 Å². The average molecular weight is 448 g/mol. The van der Waals surface area contributed by atoms with Gasteiger partial charge in [-0.2, -0.15) is 0 Å². The third-order valence-corrected chi connectivity index (χ3v) is 6.67. The number of carboxylic acid groups (broad SMARTS) is 1. The molecule has 0 unspecified atom stereocenters. The molecule has 2 N–H and O–H groups in total. The average Bonchev–Trinajstić information content (AvgIpc) is 3.28. The van der Waals surface area contributed by atoms with Crippen LogP contribution in [0.25, 0.3) is 11.3 Å². The largest absolute Gasteiger partial charge is 0.487 e. The fraction of sp³-hybridized carbons (Fsp3) is 0.320. The minimum absolute atomic E-state index is 0.269. The van der Waals surface area contributed by atoms with E-state index in [4.69, 9.17) is 15.1 Å². The molecule has 7 heteroatoms. The molecule has 2 aromatic carbocycles. The molecule has 3 aromatic rings. The molecule has 2 heterocycles. The summed E-state index contributed by atoms with van der Waals surface area (Å²) in [4.78, 5) is 18.2. The lowest BCUT2D eigenvalue weighted by Gasteiger charge is -2.29. The van der Waals surface area contributed by atoms with Crippen molar-refractivity contribution in [1.29, 1.82) is 5.41 Å². The number of anilines is 1. The Labute approximate surface area is 192 Å². The second-order valence-electron chi connectivity index (χ2n) is 8.01. The van der Waals surface area contributed by atoms with Crippen LogP contribution in [0.2, 0.25) is 0 Å². The summed E-state index contributed by atoms with van der Waals surface area (Å²) in [5.74, 6) is -0.361. The number of hydrogen-bond donors (Lipinski definition) is 2. The van der Waals surface area contributed by atoms with Crippen molar-refractivity contribution in [2.45, 2.75) is 33.3 Å². The van der Waals surface area contributed by atoms with E-state index in [2.05, 4.69) is 23.1 Å². The molecule has 0 spiro atoms. The lowest BCUT2D eigenvalue weighted by atomic mass is 9.97. The van der Waals surface area contributed by atoms with E-state index in [-0.39, 0.29) is 5.92 Å². The van der Waals surface area contributed by atoms with Gasteiger partial charge in [0.1, 0.15) is 12.4 Å². The number of piperidine rings is 1. The first kappa shape index (κ1) is 21.8. The fourth-order valence-electron chi connectivity index (χ4n) is 3.90. The van der Waals surface area contributed by atoms with E-state index in [0.29, 0.717) is 43.9 Å². The highest BCUT2D eigenvalue weighted by atomic mass is 32.1. The Kier molecular flexibility index (Phi) is 6.42. The molecular weight excluding hydrogens is 422 g/mol. The summed E-state index contributed by atoms with van der Waals surface area (Å²) in [6.07, 6.45) is 2.55. The quantitative estimate of drug-likeness (QED) is 0.503. The highest BCUT2D eigenvalue weighted by Gasteiger charge is 2.26. The van der Waals surface area contributed by atoms with Gasteiger partial charge in [-0.05, 0) is 56.0 Å². The Bertz CT molecular complexity index is 1130. The van der Waals surface area contributed by atoms with Gasteiger partial charge in [-0.1, -0.05) is 18.2 Å². The normalized spacial score (nSPS) is 14.1. The highest BCUT2D eigenvalue weighted by molar-refractivity contribution is 7.14. The maximum absolute atomic E-state index is 11.2. The Morgan fingerprint density at radius 3 is 2.81 bits per heavy atom. The van der Waals surface area contributed by atoms with Crippen molar-refractivity contribution >= 4 is 28.7 Å². The van der Waals surface area contributed by atoms with Crippen molar-refractivity contribution < 1.29 is 14.6 Å². The molecule has 4 rings (SSSR count). The topological polar surface area (TPSA) is 86.5 Å². The van der Waals surface area contributed by atoms with Crippen LogP contribution in [0.15, 0.2) is 29.6 Å². The molecule has 0 radical (unpaired) electrons. The monoisotopic (exact) mass is 447 g/mol.